The van der Waals surface area contributed by atoms with Gasteiger partial charge < -0.3 is 10.3 Å². The highest BCUT2D eigenvalue weighted by Gasteiger charge is 2.05. The van der Waals surface area contributed by atoms with Crippen LogP contribution in [0.15, 0.2) is 48.8 Å². The fourth-order valence-corrected chi connectivity index (χ4v) is 1.56. The summed E-state index contributed by atoms with van der Waals surface area (Å²) in [6.45, 7) is 0. The van der Waals surface area contributed by atoms with Crippen LogP contribution in [-0.2, 0) is 0 Å². The largest absolute Gasteiger partial charge is 0.326 e. The Labute approximate surface area is 92.7 Å². The van der Waals surface area contributed by atoms with Crippen molar-refractivity contribution in [2.24, 2.45) is 0 Å². The van der Waals surface area contributed by atoms with E-state index in [1.165, 1.54) is 0 Å². The second-order valence-electron chi connectivity index (χ2n) is 3.47. The molecule has 1 aromatic rings. The third-order valence-electron chi connectivity index (χ3n) is 2.34. The first-order chi connectivity index (χ1) is 7.92. The van der Waals surface area contributed by atoms with Gasteiger partial charge in [0.1, 0.15) is 5.69 Å². The molecule has 0 saturated heterocycles. The van der Waals surface area contributed by atoms with Crippen LogP contribution in [0, 0.1) is 0 Å². The molecule has 0 spiro atoms. The summed E-state index contributed by atoms with van der Waals surface area (Å²) in [5, 5.41) is 3.19. The van der Waals surface area contributed by atoms with E-state index in [-0.39, 0.29) is 0 Å². The summed E-state index contributed by atoms with van der Waals surface area (Å²) >= 11 is 0. The Balaban J connectivity index is 1.93. The van der Waals surface area contributed by atoms with Crippen molar-refractivity contribution >= 4 is 11.6 Å². The van der Waals surface area contributed by atoms with E-state index in [2.05, 4.69) is 20.3 Å². The molecule has 0 fully saturated rings. The Kier molecular flexibility index (Phi) is 2.04. The van der Waals surface area contributed by atoms with Crippen LogP contribution in [0.25, 0.3) is 11.4 Å². The van der Waals surface area contributed by atoms with E-state index in [1.54, 1.807) is 12.4 Å². The monoisotopic (exact) mass is 210 g/mol. The highest BCUT2D eigenvalue weighted by Crippen LogP contribution is 2.19. The number of aromatic amines is 1. The molecule has 0 unspecified atom stereocenters. The SMILES string of the molecule is c1ccc(Nc2ncc3nccc-3[nH]2)cc1. The third-order valence-corrected chi connectivity index (χ3v) is 2.34. The Morgan fingerprint density at radius 3 is 2.75 bits per heavy atom. The van der Waals surface area contributed by atoms with E-state index in [9.17, 15) is 0 Å². The van der Waals surface area contributed by atoms with Crippen molar-refractivity contribution in [3.8, 4) is 11.4 Å². The minimum absolute atomic E-state index is 0.715. The summed E-state index contributed by atoms with van der Waals surface area (Å²) in [5.74, 6) is 0.715. The number of para-hydroxylation sites is 1. The number of nitrogens with one attached hydrogen (secondary N) is 2. The Morgan fingerprint density at radius 2 is 1.88 bits per heavy atom. The highest BCUT2D eigenvalue weighted by molar-refractivity contribution is 5.60. The number of hydrogen-bond donors (Lipinski definition) is 2. The number of fused-ring (bicyclic) bond motifs is 1. The Bertz CT molecular complexity index is 558. The van der Waals surface area contributed by atoms with Gasteiger partial charge in [0.15, 0.2) is 0 Å². The van der Waals surface area contributed by atoms with Gasteiger partial charge in [-0.3, -0.25) is 4.98 Å². The van der Waals surface area contributed by atoms with Crippen LogP contribution in [0.1, 0.15) is 0 Å². The van der Waals surface area contributed by atoms with Crippen LogP contribution in [-0.4, -0.2) is 15.0 Å². The average Bonchev–Trinajstić information content (AvgIpc) is 2.77. The summed E-state index contributed by atoms with van der Waals surface area (Å²) in [7, 11) is 0. The van der Waals surface area contributed by atoms with Gasteiger partial charge in [-0.25, -0.2) is 4.98 Å². The van der Waals surface area contributed by atoms with E-state index >= 15 is 0 Å². The molecule has 78 valence electrons. The smallest absolute Gasteiger partial charge is 0.205 e. The molecule has 0 atom stereocenters. The lowest BCUT2D eigenvalue weighted by Gasteiger charge is -2.06. The van der Waals surface area contributed by atoms with Crippen molar-refractivity contribution in [1.82, 2.24) is 15.0 Å². The van der Waals surface area contributed by atoms with Crippen LogP contribution >= 0.6 is 0 Å². The van der Waals surface area contributed by atoms with Gasteiger partial charge in [0.05, 0.1) is 11.9 Å². The zero-order valence-corrected chi connectivity index (χ0v) is 8.51. The molecule has 3 rings (SSSR count). The predicted octanol–water partition coefficient (Wildman–Crippen LogP) is 2.65. The van der Waals surface area contributed by atoms with Crippen molar-refractivity contribution in [2.45, 2.75) is 0 Å². The molecule has 0 aliphatic carbocycles. The first kappa shape index (κ1) is 8.91. The van der Waals surface area contributed by atoms with Crippen LogP contribution < -0.4 is 5.32 Å². The predicted molar refractivity (Wildman–Crippen MR) is 62.7 cm³/mol. The topological polar surface area (TPSA) is 53.6 Å². The maximum absolute atomic E-state index is 4.25. The summed E-state index contributed by atoms with van der Waals surface area (Å²) < 4.78 is 0. The first-order valence-electron chi connectivity index (χ1n) is 5.03. The number of nitrogens with zero attached hydrogens (tertiary/aromatic N) is 2. The third kappa shape index (κ3) is 1.61. The number of hydrogen-bond acceptors (Lipinski definition) is 3. The van der Waals surface area contributed by atoms with Crippen molar-refractivity contribution in [3.63, 3.8) is 0 Å². The summed E-state index contributed by atoms with van der Waals surface area (Å²) in [4.78, 5) is 11.6. The standard InChI is InChI=1S/C12H10N4/c1-2-4-9(5-3-1)15-12-14-8-11-10(16-12)6-7-13-11/h1-8H,(H2,14,15,16). The number of aromatic nitrogens is 3. The Hall–Kier alpha value is -2.36. The highest BCUT2D eigenvalue weighted by atomic mass is 15.1. The molecular formula is C12H10N4. The molecule has 0 saturated carbocycles. The zero-order chi connectivity index (χ0) is 10.8. The number of anilines is 2. The van der Waals surface area contributed by atoms with Crippen molar-refractivity contribution in [2.75, 3.05) is 5.32 Å². The fraction of sp³-hybridized carbons (Fsp3) is 0. The molecule has 2 aliphatic rings. The normalized spacial score (nSPS) is 10.5. The molecule has 16 heavy (non-hydrogen) atoms. The minimum Gasteiger partial charge on any atom is -0.326 e. The van der Waals surface area contributed by atoms with Crippen molar-refractivity contribution in [3.05, 3.63) is 48.8 Å². The lowest BCUT2D eigenvalue weighted by molar-refractivity contribution is 1.15. The van der Waals surface area contributed by atoms with Crippen molar-refractivity contribution in [1.29, 1.82) is 0 Å². The first-order valence-corrected chi connectivity index (χ1v) is 5.03. The second-order valence-corrected chi connectivity index (χ2v) is 3.47. The minimum atomic E-state index is 0.715. The zero-order valence-electron chi connectivity index (χ0n) is 8.51. The molecule has 2 aliphatic heterocycles. The number of benzene rings is 1. The summed E-state index contributed by atoms with van der Waals surface area (Å²) in [5.41, 5.74) is 2.86. The average molecular weight is 210 g/mol. The summed E-state index contributed by atoms with van der Waals surface area (Å²) in [6.07, 6.45) is 3.51. The van der Waals surface area contributed by atoms with Gasteiger partial charge in [0.2, 0.25) is 5.95 Å². The second kappa shape index (κ2) is 3.66. The van der Waals surface area contributed by atoms with E-state index in [1.807, 2.05) is 36.4 Å². The number of H-pyrrole nitrogens is 1. The van der Waals surface area contributed by atoms with Gasteiger partial charge in [0.25, 0.3) is 0 Å². The van der Waals surface area contributed by atoms with Crippen LogP contribution in [0.3, 0.4) is 0 Å². The molecule has 4 nitrogen and oxygen atoms in total. The molecule has 0 aromatic heterocycles. The van der Waals surface area contributed by atoms with Gasteiger partial charge in [-0.2, -0.15) is 0 Å². The molecule has 1 aromatic carbocycles. The van der Waals surface area contributed by atoms with Crippen LogP contribution in [0.4, 0.5) is 11.6 Å². The van der Waals surface area contributed by atoms with Gasteiger partial charge in [-0.15, -0.1) is 0 Å². The van der Waals surface area contributed by atoms with E-state index in [0.717, 1.165) is 17.1 Å². The van der Waals surface area contributed by atoms with Crippen LogP contribution in [0.2, 0.25) is 0 Å². The number of rotatable bonds is 2. The summed E-state index contributed by atoms with van der Waals surface area (Å²) in [6, 6.07) is 11.8. The molecule has 2 N–H and O–H groups in total. The molecule has 0 bridgehead atoms. The molecule has 4 heteroatoms. The van der Waals surface area contributed by atoms with E-state index in [0.29, 0.717) is 5.95 Å². The Morgan fingerprint density at radius 1 is 1.00 bits per heavy atom. The fourth-order valence-electron chi connectivity index (χ4n) is 1.56. The lowest BCUT2D eigenvalue weighted by Crippen LogP contribution is -1.97. The lowest BCUT2D eigenvalue weighted by atomic mass is 10.3. The molecule has 2 heterocycles. The quantitative estimate of drug-likeness (QED) is 0.683. The van der Waals surface area contributed by atoms with Gasteiger partial charge in [-0.05, 0) is 18.2 Å². The van der Waals surface area contributed by atoms with Crippen molar-refractivity contribution < 1.29 is 0 Å². The van der Waals surface area contributed by atoms with Crippen LogP contribution in [0.5, 0.6) is 0 Å². The maximum Gasteiger partial charge on any atom is 0.205 e. The molecular weight excluding hydrogens is 200 g/mol. The van der Waals surface area contributed by atoms with E-state index < -0.39 is 0 Å². The molecule has 0 amide bonds. The molecule has 0 radical (unpaired) electrons. The van der Waals surface area contributed by atoms with Gasteiger partial charge >= 0.3 is 0 Å². The van der Waals surface area contributed by atoms with Gasteiger partial charge in [-0.1, -0.05) is 18.2 Å². The van der Waals surface area contributed by atoms with E-state index in [4.69, 9.17) is 0 Å². The van der Waals surface area contributed by atoms with Gasteiger partial charge in [0, 0.05) is 11.9 Å². The maximum atomic E-state index is 4.25.